The first-order valence-corrected chi connectivity index (χ1v) is 19.6. The summed E-state index contributed by atoms with van der Waals surface area (Å²) in [5, 5.41) is 2.38. The first kappa shape index (κ1) is 32.1. The summed E-state index contributed by atoms with van der Waals surface area (Å²) in [6, 6.07) is 60.1. The van der Waals surface area contributed by atoms with E-state index in [9.17, 15) is 0 Å². The van der Waals surface area contributed by atoms with Crippen LogP contribution in [-0.4, -0.2) is 0 Å². The number of hydrogen-bond acceptors (Lipinski definition) is 2. The van der Waals surface area contributed by atoms with Gasteiger partial charge in [0.2, 0.25) is 0 Å². The fourth-order valence-electron chi connectivity index (χ4n) is 10.1. The van der Waals surface area contributed by atoms with Gasteiger partial charge in [-0.1, -0.05) is 147 Å². The molecule has 2 nitrogen and oxygen atoms in total. The highest BCUT2D eigenvalue weighted by Crippen LogP contribution is 2.55. The fourth-order valence-corrected chi connectivity index (χ4v) is 10.1. The number of hydrogen-bond donors (Lipinski definition) is 0. The van der Waals surface area contributed by atoms with Gasteiger partial charge in [0, 0.05) is 38.8 Å². The molecule has 7 aromatic carbocycles. The third kappa shape index (κ3) is 4.94. The molecule has 0 N–H and O–H groups in total. The van der Waals surface area contributed by atoms with Crippen molar-refractivity contribution in [1.82, 2.24) is 0 Å². The second kappa shape index (κ2) is 12.3. The van der Waals surface area contributed by atoms with Crippen LogP contribution in [0, 0.1) is 5.92 Å². The number of benzene rings is 7. The third-order valence-electron chi connectivity index (χ3n) is 12.7. The number of para-hydroxylation sites is 2. The second-order valence-corrected chi connectivity index (χ2v) is 16.0. The van der Waals surface area contributed by atoms with Gasteiger partial charge >= 0.3 is 0 Å². The first-order valence-electron chi connectivity index (χ1n) is 19.6. The zero-order valence-electron chi connectivity index (χ0n) is 31.2. The molecule has 0 bridgehead atoms. The number of allylic oxidation sites excluding steroid dienone is 4. The van der Waals surface area contributed by atoms with E-state index in [2.05, 4.69) is 195 Å². The van der Waals surface area contributed by atoms with E-state index in [1.165, 1.54) is 83.5 Å². The standard InChI is InChI=1S/C53H41NO/c1-53(2)46-24-14-12-22-40(46)41-28-26-39(33-47(41)53)54(37-20-10-5-11-21-37)38-27-29-42-45(32-38)44(34-16-6-3-7-17-34)30-36-31-49-52(43-23-13-15-25-48(43)55-49)51(50(36)42)35-18-8-4-9-19-35/h3-29,31,33,44-45H,30,32H2,1-2H3. The molecule has 0 spiro atoms. The molecule has 2 atom stereocenters. The molecular weight excluding hydrogens is 667 g/mol. The van der Waals surface area contributed by atoms with Crippen LogP contribution in [0.2, 0.25) is 0 Å². The van der Waals surface area contributed by atoms with Crippen LogP contribution in [0.15, 0.2) is 186 Å². The van der Waals surface area contributed by atoms with Crippen LogP contribution in [0.25, 0.3) is 49.8 Å². The maximum absolute atomic E-state index is 6.63. The van der Waals surface area contributed by atoms with Crippen molar-refractivity contribution in [3.63, 3.8) is 0 Å². The Morgan fingerprint density at radius 1 is 0.545 bits per heavy atom. The van der Waals surface area contributed by atoms with Gasteiger partial charge in [-0.15, -0.1) is 0 Å². The van der Waals surface area contributed by atoms with E-state index in [0.29, 0.717) is 5.92 Å². The molecule has 0 saturated carbocycles. The summed E-state index contributed by atoms with van der Waals surface area (Å²) in [7, 11) is 0. The lowest BCUT2D eigenvalue weighted by Crippen LogP contribution is -2.29. The highest BCUT2D eigenvalue weighted by Gasteiger charge is 2.40. The lowest BCUT2D eigenvalue weighted by Gasteiger charge is -2.41. The van der Waals surface area contributed by atoms with Gasteiger partial charge in [-0.25, -0.2) is 0 Å². The van der Waals surface area contributed by atoms with Gasteiger partial charge in [-0.2, -0.15) is 0 Å². The summed E-state index contributed by atoms with van der Waals surface area (Å²) in [4.78, 5) is 2.52. The zero-order valence-corrected chi connectivity index (χ0v) is 31.2. The number of anilines is 2. The van der Waals surface area contributed by atoms with E-state index >= 15 is 0 Å². The van der Waals surface area contributed by atoms with Crippen molar-refractivity contribution in [2.45, 2.75) is 38.0 Å². The summed E-state index contributed by atoms with van der Waals surface area (Å²) < 4.78 is 6.63. The SMILES string of the molecule is CC1(C)c2ccccc2-c2ccc(N(C3=CC=C4c5c(cc6oc7ccccc7c6c5-c5ccccc5)CC(c5ccccc5)C4C3)c3ccccc3)cc21. The summed E-state index contributed by atoms with van der Waals surface area (Å²) in [5.74, 6) is 0.578. The highest BCUT2D eigenvalue weighted by atomic mass is 16.3. The molecule has 11 rings (SSSR count). The van der Waals surface area contributed by atoms with Crippen molar-refractivity contribution in [3.8, 4) is 22.3 Å². The number of furan rings is 1. The molecule has 0 fully saturated rings. The fraction of sp³-hybridized carbons (Fsp3) is 0.132. The zero-order chi connectivity index (χ0) is 36.7. The van der Waals surface area contributed by atoms with Gasteiger partial charge in [0.15, 0.2) is 0 Å². The maximum Gasteiger partial charge on any atom is 0.136 e. The molecule has 0 radical (unpaired) electrons. The van der Waals surface area contributed by atoms with Gasteiger partial charge < -0.3 is 9.32 Å². The minimum Gasteiger partial charge on any atom is -0.456 e. The molecule has 0 aliphatic heterocycles. The molecule has 3 aliphatic rings. The van der Waals surface area contributed by atoms with Crippen molar-refractivity contribution >= 4 is 38.9 Å². The van der Waals surface area contributed by atoms with E-state index < -0.39 is 0 Å². The van der Waals surface area contributed by atoms with Gasteiger partial charge in [-0.05, 0) is 117 Å². The minimum absolute atomic E-state index is 0.0831. The van der Waals surface area contributed by atoms with Crippen LogP contribution >= 0.6 is 0 Å². The quantitative estimate of drug-likeness (QED) is 0.177. The Balaban J connectivity index is 1.14. The van der Waals surface area contributed by atoms with Crippen LogP contribution in [0.4, 0.5) is 11.4 Å². The van der Waals surface area contributed by atoms with Crippen molar-refractivity contribution in [2.24, 2.45) is 5.92 Å². The molecule has 264 valence electrons. The molecule has 8 aromatic rings. The first-order chi connectivity index (χ1) is 27.0. The van der Waals surface area contributed by atoms with Gasteiger partial charge in [0.25, 0.3) is 0 Å². The summed E-state index contributed by atoms with van der Waals surface area (Å²) in [6.07, 6.45) is 6.73. The Hall–Kier alpha value is -6.38. The van der Waals surface area contributed by atoms with Gasteiger partial charge in [0.1, 0.15) is 11.2 Å². The van der Waals surface area contributed by atoms with Crippen molar-refractivity contribution < 1.29 is 4.42 Å². The van der Waals surface area contributed by atoms with Crippen LogP contribution < -0.4 is 4.90 Å². The van der Waals surface area contributed by atoms with E-state index in [0.717, 1.165) is 24.0 Å². The molecule has 3 aliphatic carbocycles. The van der Waals surface area contributed by atoms with Gasteiger partial charge in [-0.3, -0.25) is 0 Å². The molecular formula is C53H41NO. The van der Waals surface area contributed by atoms with E-state index in [1.54, 1.807) is 0 Å². The highest BCUT2D eigenvalue weighted by molar-refractivity contribution is 6.15. The van der Waals surface area contributed by atoms with E-state index in [-0.39, 0.29) is 11.3 Å². The lowest BCUT2D eigenvalue weighted by molar-refractivity contribution is 0.492. The molecule has 0 saturated heterocycles. The van der Waals surface area contributed by atoms with Crippen molar-refractivity contribution in [1.29, 1.82) is 0 Å². The van der Waals surface area contributed by atoms with Crippen LogP contribution in [0.1, 0.15) is 54.0 Å². The lowest BCUT2D eigenvalue weighted by atomic mass is 9.65. The van der Waals surface area contributed by atoms with Gasteiger partial charge in [0.05, 0.1) is 0 Å². The second-order valence-electron chi connectivity index (χ2n) is 16.0. The summed E-state index contributed by atoms with van der Waals surface area (Å²) >= 11 is 0. The predicted molar refractivity (Wildman–Crippen MR) is 229 cm³/mol. The van der Waals surface area contributed by atoms with E-state index in [1.807, 2.05) is 0 Å². The molecule has 0 amide bonds. The molecule has 2 unspecified atom stereocenters. The minimum atomic E-state index is -0.0831. The van der Waals surface area contributed by atoms with Crippen molar-refractivity contribution in [3.05, 3.63) is 209 Å². The molecule has 1 aromatic heterocycles. The number of fused-ring (bicyclic) bond motifs is 9. The monoisotopic (exact) mass is 707 g/mol. The topological polar surface area (TPSA) is 16.4 Å². The van der Waals surface area contributed by atoms with E-state index in [4.69, 9.17) is 4.42 Å². The largest absolute Gasteiger partial charge is 0.456 e. The molecule has 1 heterocycles. The normalized spacial score (nSPS) is 17.9. The number of nitrogens with zero attached hydrogens (tertiary/aromatic N) is 1. The Morgan fingerprint density at radius 3 is 2.05 bits per heavy atom. The van der Waals surface area contributed by atoms with Crippen LogP contribution in [-0.2, 0) is 11.8 Å². The van der Waals surface area contributed by atoms with Crippen LogP contribution in [0.3, 0.4) is 0 Å². The van der Waals surface area contributed by atoms with Crippen LogP contribution in [0.5, 0.6) is 0 Å². The Kier molecular flexibility index (Phi) is 7.19. The third-order valence-corrected chi connectivity index (χ3v) is 12.7. The number of rotatable bonds is 5. The van der Waals surface area contributed by atoms with Crippen molar-refractivity contribution in [2.75, 3.05) is 4.90 Å². The Labute approximate surface area is 322 Å². The summed E-state index contributed by atoms with van der Waals surface area (Å²) in [5.41, 5.74) is 19.1. The maximum atomic E-state index is 6.63. The molecule has 2 heteroatoms. The Bertz CT molecular complexity index is 2840. The summed E-state index contributed by atoms with van der Waals surface area (Å²) in [6.45, 7) is 4.75. The average molecular weight is 708 g/mol. The predicted octanol–water partition coefficient (Wildman–Crippen LogP) is 14.0. The Morgan fingerprint density at radius 2 is 1.24 bits per heavy atom. The smallest absolute Gasteiger partial charge is 0.136 e. The molecule has 55 heavy (non-hydrogen) atoms. The average Bonchev–Trinajstić information content (AvgIpc) is 3.72.